The molecule has 11 heteroatoms. The van der Waals surface area contributed by atoms with Gasteiger partial charge in [0, 0.05) is 47.2 Å². The van der Waals surface area contributed by atoms with E-state index in [-0.39, 0.29) is 59.1 Å². The molecule has 1 atom stereocenters. The van der Waals surface area contributed by atoms with Gasteiger partial charge in [-0.3, -0.25) is 24.1 Å². The van der Waals surface area contributed by atoms with Crippen LogP contribution in [0.15, 0.2) is 0 Å². The van der Waals surface area contributed by atoms with Gasteiger partial charge in [0.1, 0.15) is 19.8 Å². The summed E-state index contributed by atoms with van der Waals surface area (Å²) in [7, 11) is 1.44. The van der Waals surface area contributed by atoms with E-state index in [1.165, 1.54) is 21.0 Å². The topological polar surface area (TPSA) is 138 Å². The Bertz CT molecular complexity index is 533. The molecule has 0 bridgehead atoms. The van der Waals surface area contributed by atoms with Gasteiger partial charge in [-0.25, -0.2) is 0 Å². The normalized spacial score (nSPS) is 12.7. The molecule has 11 nitrogen and oxygen atoms in total. The van der Waals surface area contributed by atoms with Crippen LogP contribution in [-0.2, 0) is 42.9 Å². The van der Waals surface area contributed by atoms with Crippen molar-refractivity contribution in [3.8, 4) is 0 Å². The Labute approximate surface area is 176 Å². The first-order valence-electron chi connectivity index (χ1n) is 9.66. The Kier molecular flexibility index (Phi) is 14.4. The van der Waals surface area contributed by atoms with Crippen molar-refractivity contribution in [1.82, 2.24) is 4.90 Å². The van der Waals surface area contributed by atoms with Crippen LogP contribution in [0.3, 0.4) is 0 Å². The maximum absolute atomic E-state index is 12.9. The second-order valence-corrected chi connectivity index (χ2v) is 6.36. The molecule has 0 aromatic heterocycles. The summed E-state index contributed by atoms with van der Waals surface area (Å²) in [6.45, 7) is 3.80. The number of carbonyl (C=O) groups excluding carboxylic acids is 4. The van der Waals surface area contributed by atoms with E-state index >= 15 is 0 Å². The molecule has 0 saturated heterocycles. The van der Waals surface area contributed by atoms with E-state index in [0.717, 1.165) is 0 Å². The molecular weight excluding hydrogens is 402 g/mol. The van der Waals surface area contributed by atoms with Crippen molar-refractivity contribution in [2.45, 2.75) is 27.2 Å². The Morgan fingerprint density at radius 1 is 0.833 bits per heavy atom. The van der Waals surface area contributed by atoms with Crippen LogP contribution in [0, 0.1) is 5.41 Å². The SMILES string of the molecule is CCOC(=O)C(CCO)(CN(CCOC(C)=O)CCOC(C)=O)C(=O)OCCOC. The smallest absolute Gasteiger partial charge is 0.325 e. The molecule has 0 amide bonds. The molecule has 0 fully saturated rings. The van der Waals surface area contributed by atoms with E-state index < -0.39 is 35.9 Å². The quantitative estimate of drug-likeness (QED) is 0.146. The van der Waals surface area contributed by atoms with E-state index in [4.69, 9.17) is 23.7 Å². The van der Waals surface area contributed by atoms with E-state index in [1.807, 2.05) is 0 Å². The summed E-state index contributed by atoms with van der Waals surface area (Å²) < 4.78 is 25.0. The minimum atomic E-state index is -1.81. The minimum Gasteiger partial charge on any atom is -0.465 e. The first-order chi connectivity index (χ1) is 14.2. The third kappa shape index (κ3) is 10.5. The highest BCUT2D eigenvalue weighted by molar-refractivity contribution is 6.00. The second-order valence-electron chi connectivity index (χ2n) is 6.36. The standard InChI is InChI=1S/C19H33NO10/c1-5-27-17(24)19(6-9-21,18(25)30-13-12-26-4)14-20(7-10-28-15(2)22)8-11-29-16(3)23/h21H,5-14H2,1-4H3. The van der Waals surface area contributed by atoms with Crippen molar-refractivity contribution in [2.24, 2.45) is 5.41 Å². The van der Waals surface area contributed by atoms with Gasteiger partial charge in [-0.2, -0.15) is 0 Å². The number of aliphatic hydroxyl groups is 1. The van der Waals surface area contributed by atoms with Gasteiger partial charge in [0.05, 0.1) is 13.2 Å². The average molecular weight is 435 g/mol. The van der Waals surface area contributed by atoms with Crippen LogP contribution in [0.4, 0.5) is 0 Å². The first-order valence-corrected chi connectivity index (χ1v) is 9.66. The van der Waals surface area contributed by atoms with Gasteiger partial charge < -0.3 is 28.8 Å². The fourth-order valence-corrected chi connectivity index (χ4v) is 2.60. The number of hydrogen-bond donors (Lipinski definition) is 1. The van der Waals surface area contributed by atoms with Crippen molar-refractivity contribution in [3.05, 3.63) is 0 Å². The van der Waals surface area contributed by atoms with Gasteiger partial charge >= 0.3 is 23.9 Å². The van der Waals surface area contributed by atoms with Crippen LogP contribution < -0.4 is 0 Å². The average Bonchev–Trinajstić information content (AvgIpc) is 2.66. The number of nitrogens with zero attached hydrogens (tertiary/aromatic N) is 1. The summed E-state index contributed by atoms with van der Waals surface area (Å²) in [6.07, 6.45) is -0.241. The Morgan fingerprint density at radius 2 is 1.37 bits per heavy atom. The van der Waals surface area contributed by atoms with Crippen molar-refractivity contribution in [1.29, 1.82) is 0 Å². The number of esters is 4. The monoisotopic (exact) mass is 435 g/mol. The van der Waals surface area contributed by atoms with Crippen LogP contribution >= 0.6 is 0 Å². The summed E-state index contributed by atoms with van der Waals surface area (Å²) in [5, 5.41) is 9.55. The molecule has 0 aliphatic carbocycles. The maximum atomic E-state index is 12.9. The lowest BCUT2D eigenvalue weighted by atomic mass is 9.83. The Hall–Kier alpha value is -2.24. The van der Waals surface area contributed by atoms with E-state index in [2.05, 4.69) is 0 Å². The molecule has 0 aromatic carbocycles. The van der Waals surface area contributed by atoms with Crippen molar-refractivity contribution >= 4 is 23.9 Å². The van der Waals surface area contributed by atoms with Crippen LogP contribution in [0.25, 0.3) is 0 Å². The lowest BCUT2D eigenvalue weighted by Gasteiger charge is -2.34. The van der Waals surface area contributed by atoms with Crippen LogP contribution in [-0.4, -0.2) is 100 Å². The van der Waals surface area contributed by atoms with Gasteiger partial charge in [-0.15, -0.1) is 0 Å². The van der Waals surface area contributed by atoms with Crippen LogP contribution in [0.5, 0.6) is 0 Å². The third-order valence-electron chi connectivity index (χ3n) is 4.04. The lowest BCUT2D eigenvalue weighted by molar-refractivity contribution is -0.177. The minimum absolute atomic E-state index is 0.00778. The lowest BCUT2D eigenvalue weighted by Crippen LogP contribution is -2.52. The Balaban J connectivity index is 5.63. The molecular formula is C19H33NO10. The molecule has 0 heterocycles. The molecule has 0 saturated carbocycles. The predicted molar refractivity (Wildman–Crippen MR) is 103 cm³/mol. The van der Waals surface area contributed by atoms with Gasteiger partial charge in [-0.1, -0.05) is 0 Å². The largest absolute Gasteiger partial charge is 0.465 e. The Morgan fingerprint density at radius 3 is 1.80 bits per heavy atom. The summed E-state index contributed by atoms with van der Waals surface area (Å²) >= 11 is 0. The van der Waals surface area contributed by atoms with Gasteiger partial charge in [-0.05, 0) is 13.3 Å². The summed E-state index contributed by atoms with van der Waals surface area (Å²) in [6, 6.07) is 0. The molecule has 174 valence electrons. The van der Waals surface area contributed by atoms with Crippen LogP contribution in [0.1, 0.15) is 27.2 Å². The molecule has 0 radical (unpaired) electrons. The summed E-state index contributed by atoms with van der Waals surface area (Å²) in [4.78, 5) is 49.4. The van der Waals surface area contributed by atoms with Gasteiger partial charge in [0.15, 0.2) is 5.41 Å². The predicted octanol–water partition coefficient (Wildman–Crippen LogP) is -0.464. The van der Waals surface area contributed by atoms with Crippen molar-refractivity contribution in [2.75, 3.05) is 66.4 Å². The molecule has 1 N–H and O–H groups in total. The van der Waals surface area contributed by atoms with Gasteiger partial charge in [0.2, 0.25) is 0 Å². The number of rotatable bonds is 16. The second kappa shape index (κ2) is 15.6. The fourth-order valence-electron chi connectivity index (χ4n) is 2.60. The van der Waals surface area contributed by atoms with E-state index in [0.29, 0.717) is 0 Å². The molecule has 0 aliphatic rings. The zero-order valence-electron chi connectivity index (χ0n) is 18.1. The number of carbonyl (C=O) groups is 4. The summed E-state index contributed by atoms with van der Waals surface area (Å²) in [5.74, 6) is -2.68. The number of aliphatic hydroxyl groups excluding tert-OH is 1. The first kappa shape index (κ1) is 27.8. The molecule has 30 heavy (non-hydrogen) atoms. The number of hydrogen-bond acceptors (Lipinski definition) is 11. The molecule has 1 unspecified atom stereocenters. The highest BCUT2D eigenvalue weighted by atomic mass is 16.6. The number of methoxy groups -OCH3 is 1. The zero-order chi connectivity index (χ0) is 23.0. The van der Waals surface area contributed by atoms with Gasteiger partial charge in [0.25, 0.3) is 0 Å². The van der Waals surface area contributed by atoms with E-state index in [1.54, 1.807) is 11.8 Å². The highest BCUT2D eigenvalue weighted by Gasteiger charge is 2.49. The van der Waals surface area contributed by atoms with Crippen molar-refractivity contribution < 1.29 is 48.0 Å². The zero-order valence-corrected chi connectivity index (χ0v) is 18.1. The maximum Gasteiger partial charge on any atom is 0.325 e. The highest BCUT2D eigenvalue weighted by Crippen LogP contribution is 2.28. The summed E-state index contributed by atoms with van der Waals surface area (Å²) in [5.41, 5.74) is -1.81. The number of ether oxygens (including phenoxy) is 5. The molecule has 0 rings (SSSR count). The molecule has 0 spiro atoms. The van der Waals surface area contributed by atoms with Crippen LogP contribution in [0.2, 0.25) is 0 Å². The fraction of sp³-hybridized carbons (Fsp3) is 0.789. The third-order valence-corrected chi connectivity index (χ3v) is 4.04. The molecule has 0 aliphatic heterocycles. The molecule has 0 aromatic rings. The van der Waals surface area contributed by atoms with Crippen molar-refractivity contribution in [3.63, 3.8) is 0 Å². The van der Waals surface area contributed by atoms with E-state index in [9.17, 15) is 24.3 Å².